The lowest BCUT2D eigenvalue weighted by molar-refractivity contribution is -0.114. The molecule has 0 radical (unpaired) electrons. The molecular formula is C19H23N5O2. The largest absolute Gasteiger partial charge is 0.351 e. The van der Waals surface area contributed by atoms with E-state index in [-0.39, 0.29) is 11.8 Å². The Morgan fingerprint density at radius 2 is 1.73 bits per heavy atom. The molecule has 136 valence electrons. The fourth-order valence-corrected chi connectivity index (χ4v) is 3.08. The highest BCUT2D eigenvalue weighted by atomic mass is 16.2. The number of benzene rings is 1. The minimum atomic E-state index is -0.315. The highest BCUT2D eigenvalue weighted by Gasteiger charge is 2.17. The van der Waals surface area contributed by atoms with Crippen LogP contribution >= 0.6 is 0 Å². The molecule has 1 heterocycles. The van der Waals surface area contributed by atoms with Crippen molar-refractivity contribution in [1.82, 2.24) is 9.97 Å². The highest BCUT2D eigenvalue weighted by Crippen LogP contribution is 2.21. The van der Waals surface area contributed by atoms with Gasteiger partial charge in [0.25, 0.3) is 5.91 Å². The van der Waals surface area contributed by atoms with Gasteiger partial charge in [0.05, 0.1) is 0 Å². The molecule has 0 saturated heterocycles. The molecule has 2 amide bonds. The van der Waals surface area contributed by atoms with Crippen LogP contribution in [0.1, 0.15) is 48.8 Å². The summed E-state index contributed by atoms with van der Waals surface area (Å²) in [6, 6.07) is 9.02. The van der Waals surface area contributed by atoms with Crippen molar-refractivity contribution in [2.45, 2.75) is 45.6 Å². The molecule has 3 rings (SSSR count). The fourth-order valence-electron chi connectivity index (χ4n) is 3.08. The maximum atomic E-state index is 12.6. The van der Waals surface area contributed by atoms with Crippen molar-refractivity contribution in [3.8, 4) is 0 Å². The molecule has 0 bridgehead atoms. The smallest absolute Gasteiger partial charge is 0.274 e. The summed E-state index contributed by atoms with van der Waals surface area (Å²) in [6.45, 7) is 3.28. The van der Waals surface area contributed by atoms with Crippen LogP contribution in [-0.4, -0.2) is 27.8 Å². The van der Waals surface area contributed by atoms with Crippen LogP contribution in [-0.2, 0) is 4.79 Å². The molecule has 0 unspecified atom stereocenters. The third-order valence-electron chi connectivity index (χ3n) is 4.22. The van der Waals surface area contributed by atoms with Gasteiger partial charge in [0, 0.05) is 30.0 Å². The summed E-state index contributed by atoms with van der Waals surface area (Å²) in [4.78, 5) is 32.5. The quantitative estimate of drug-likeness (QED) is 0.766. The van der Waals surface area contributed by atoms with Gasteiger partial charge in [-0.2, -0.15) is 0 Å². The summed E-state index contributed by atoms with van der Waals surface area (Å²) in [5.41, 5.74) is 2.25. The standard InChI is InChI=1S/C19H23N5O2/c1-12-10-17(24-19(20-12)23-14-6-3-4-7-14)18(26)22-16-9-5-8-15(11-16)21-13(2)25/h5,8-11,14H,3-4,6-7H2,1-2H3,(H,21,25)(H,22,26)(H,20,23,24). The topological polar surface area (TPSA) is 96.0 Å². The van der Waals surface area contributed by atoms with Crippen LogP contribution in [0.4, 0.5) is 17.3 Å². The monoisotopic (exact) mass is 353 g/mol. The van der Waals surface area contributed by atoms with E-state index in [1.807, 2.05) is 6.92 Å². The van der Waals surface area contributed by atoms with Crippen molar-refractivity contribution >= 4 is 29.1 Å². The lowest BCUT2D eigenvalue weighted by atomic mass is 10.2. The number of anilines is 3. The van der Waals surface area contributed by atoms with Gasteiger partial charge >= 0.3 is 0 Å². The number of rotatable bonds is 5. The van der Waals surface area contributed by atoms with Crippen LogP contribution in [0.5, 0.6) is 0 Å². The molecule has 0 spiro atoms. The van der Waals surface area contributed by atoms with Gasteiger partial charge in [0.15, 0.2) is 0 Å². The van der Waals surface area contributed by atoms with Gasteiger partial charge in [-0.05, 0) is 44.0 Å². The Hall–Kier alpha value is -2.96. The number of hydrogen-bond acceptors (Lipinski definition) is 5. The molecule has 1 aromatic carbocycles. The molecule has 1 aliphatic rings. The summed E-state index contributed by atoms with van der Waals surface area (Å²) < 4.78 is 0. The van der Waals surface area contributed by atoms with Crippen molar-refractivity contribution in [2.75, 3.05) is 16.0 Å². The molecule has 1 fully saturated rings. The zero-order chi connectivity index (χ0) is 18.5. The van der Waals surface area contributed by atoms with Gasteiger partial charge in [-0.1, -0.05) is 18.9 Å². The summed E-state index contributed by atoms with van der Waals surface area (Å²) >= 11 is 0. The Bertz CT molecular complexity index is 815. The number of nitrogens with zero attached hydrogens (tertiary/aromatic N) is 2. The van der Waals surface area contributed by atoms with Gasteiger partial charge in [-0.15, -0.1) is 0 Å². The van der Waals surface area contributed by atoms with E-state index in [4.69, 9.17) is 0 Å². The maximum Gasteiger partial charge on any atom is 0.274 e. The zero-order valence-electron chi connectivity index (χ0n) is 15.0. The van der Waals surface area contributed by atoms with Crippen LogP contribution in [0.15, 0.2) is 30.3 Å². The second kappa shape index (κ2) is 7.95. The Kier molecular flexibility index (Phi) is 5.46. The summed E-state index contributed by atoms with van der Waals surface area (Å²) in [7, 11) is 0. The molecule has 3 N–H and O–H groups in total. The number of nitrogens with one attached hydrogen (secondary N) is 3. The van der Waals surface area contributed by atoms with E-state index >= 15 is 0 Å². The average Bonchev–Trinajstić information content (AvgIpc) is 3.07. The zero-order valence-corrected chi connectivity index (χ0v) is 15.0. The minimum Gasteiger partial charge on any atom is -0.351 e. The Labute approximate surface area is 152 Å². The third kappa shape index (κ3) is 4.78. The fraction of sp³-hybridized carbons (Fsp3) is 0.368. The van der Waals surface area contributed by atoms with Gasteiger partial charge in [-0.25, -0.2) is 9.97 Å². The van der Waals surface area contributed by atoms with Gasteiger partial charge in [-0.3, -0.25) is 9.59 Å². The van der Waals surface area contributed by atoms with Gasteiger partial charge in [0.1, 0.15) is 5.69 Å². The second-order valence-electron chi connectivity index (χ2n) is 6.56. The molecule has 1 aromatic heterocycles. The predicted octanol–water partition coefficient (Wildman–Crippen LogP) is 3.35. The molecule has 26 heavy (non-hydrogen) atoms. The van der Waals surface area contributed by atoms with Crippen LogP contribution in [0, 0.1) is 6.92 Å². The summed E-state index contributed by atoms with van der Waals surface area (Å²) in [6.07, 6.45) is 4.63. The SMILES string of the molecule is CC(=O)Nc1cccc(NC(=O)c2cc(C)nc(NC3CCCC3)n2)c1. The number of hydrogen-bond donors (Lipinski definition) is 3. The van der Waals surface area contributed by atoms with E-state index in [1.54, 1.807) is 30.3 Å². The van der Waals surface area contributed by atoms with Crippen molar-refractivity contribution < 1.29 is 9.59 Å². The molecule has 2 aromatic rings. The first-order valence-corrected chi connectivity index (χ1v) is 8.81. The molecule has 1 saturated carbocycles. The molecule has 7 nitrogen and oxygen atoms in total. The number of aromatic nitrogens is 2. The first-order valence-electron chi connectivity index (χ1n) is 8.81. The predicted molar refractivity (Wildman–Crippen MR) is 101 cm³/mol. The summed E-state index contributed by atoms with van der Waals surface area (Å²) in [5, 5.41) is 8.82. The second-order valence-corrected chi connectivity index (χ2v) is 6.56. The Morgan fingerprint density at radius 1 is 1.04 bits per heavy atom. The average molecular weight is 353 g/mol. The van der Waals surface area contributed by atoms with Crippen LogP contribution in [0.25, 0.3) is 0 Å². The van der Waals surface area contributed by atoms with E-state index < -0.39 is 0 Å². The highest BCUT2D eigenvalue weighted by molar-refractivity contribution is 6.03. The van der Waals surface area contributed by atoms with Crippen LogP contribution in [0.3, 0.4) is 0 Å². The van der Waals surface area contributed by atoms with E-state index in [0.717, 1.165) is 18.5 Å². The van der Waals surface area contributed by atoms with E-state index in [1.165, 1.54) is 19.8 Å². The lowest BCUT2D eigenvalue weighted by Crippen LogP contribution is -2.20. The van der Waals surface area contributed by atoms with Gasteiger partial charge < -0.3 is 16.0 Å². The first kappa shape index (κ1) is 17.8. The Balaban J connectivity index is 1.73. The molecule has 7 heteroatoms. The van der Waals surface area contributed by atoms with E-state index in [2.05, 4.69) is 25.9 Å². The molecular weight excluding hydrogens is 330 g/mol. The Morgan fingerprint density at radius 3 is 2.42 bits per heavy atom. The molecule has 0 atom stereocenters. The minimum absolute atomic E-state index is 0.164. The molecule has 0 aliphatic heterocycles. The maximum absolute atomic E-state index is 12.6. The van der Waals surface area contributed by atoms with Crippen LogP contribution in [0.2, 0.25) is 0 Å². The van der Waals surface area contributed by atoms with Crippen molar-refractivity contribution in [3.63, 3.8) is 0 Å². The van der Waals surface area contributed by atoms with Gasteiger partial charge in [0.2, 0.25) is 11.9 Å². The van der Waals surface area contributed by atoms with Crippen molar-refractivity contribution in [1.29, 1.82) is 0 Å². The van der Waals surface area contributed by atoms with Crippen molar-refractivity contribution in [3.05, 3.63) is 41.7 Å². The van der Waals surface area contributed by atoms with E-state index in [9.17, 15) is 9.59 Å². The normalized spacial score (nSPS) is 14.1. The van der Waals surface area contributed by atoms with Crippen molar-refractivity contribution in [2.24, 2.45) is 0 Å². The number of aryl methyl sites for hydroxylation is 1. The van der Waals surface area contributed by atoms with Crippen LogP contribution < -0.4 is 16.0 Å². The first-order chi connectivity index (χ1) is 12.5. The number of carbonyl (C=O) groups excluding carboxylic acids is 2. The lowest BCUT2D eigenvalue weighted by Gasteiger charge is -2.13. The number of carbonyl (C=O) groups is 2. The molecule has 1 aliphatic carbocycles. The third-order valence-corrected chi connectivity index (χ3v) is 4.22. The number of amides is 2. The van der Waals surface area contributed by atoms with E-state index in [0.29, 0.717) is 29.1 Å². The summed E-state index contributed by atoms with van der Waals surface area (Å²) in [5.74, 6) is 0.0153.